The summed E-state index contributed by atoms with van der Waals surface area (Å²) < 4.78 is 31.6. The third-order valence-electron chi connectivity index (χ3n) is 5.58. The Morgan fingerprint density at radius 3 is 1.09 bits per heavy atom. The molecule has 4 aliphatic rings. The van der Waals surface area contributed by atoms with E-state index in [9.17, 15) is 14.4 Å². The normalized spacial score (nSPS) is 25.8. The van der Waals surface area contributed by atoms with Gasteiger partial charge in [-0.1, -0.05) is 0 Å². The Hall–Kier alpha value is -1.83. The minimum Gasteiger partial charge on any atom is -0.378 e. The fraction of sp³-hybridized carbons (Fsp3) is 0.857. The quantitative estimate of drug-likeness (QED) is 0.213. The van der Waals surface area contributed by atoms with E-state index < -0.39 is 0 Å². The summed E-state index contributed by atoms with van der Waals surface area (Å²) in [6, 6.07) is 0. The summed E-state index contributed by atoms with van der Waals surface area (Å²) in [4.78, 5) is 42.7. The van der Waals surface area contributed by atoms with E-state index in [1.807, 2.05) is 0 Å². The van der Waals surface area contributed by atoms with Gasteiger partial charge in [-0.05, 0) is 0 Å². The Morgan fingerprint density at radius 1 is 0.576 bits per heavy atom. The molecule has 3 atom stereocenters. The zero-order valence-corrected chi connectivity index (χ0v) is 18.9. The summed E-state index contributed by atoms with van der Waals surface area (Å²) in [5.74, 6) is -0.524. The van der Waals surface area contributed by atoms with E-state index in [0.717, 1.165) is 0 Å². The van der Waals surface area contributed by atoms with Crippen molar-refractivity contribution in [3.63, 3.8) is 0 Å². The smallest absolute Gasteiger partial charge is 0.227 e. The summed E-state index contributed by atoms with van der Waals surface area (Å²) in [5, 5.41) is 0. The Balaban J connectivity index is 1.24. The van der Waals surface area contributed by atoms with Crippen LogP contribution >= 0.6 is 0 Å². The first-order chi connectivity index (χ1) is 16.1. The molecule has 4 heterocycles. The maximum Gasteiger partial charge on any atom is 0.227 e. The number of carbonyl (C=O) groups is 3. The minimum absolute atomic E-state index is 0.133. The molecule has 0 aromatic carbocycles. The maximum atomic E-state index is 12.7. The molecule has 0 aliphatic carbocycles. The van der Waals surface area contributed by atoms with Gasteiger partial charge in [0.05, 0.1) is 98.7 Å². The summed E-state index contributed by atoms with van der Waals surface area (Å²) in [6.45, 7) is 4.72. The number of carbonyl (C=O) groups excluding carboxylic acids is 3. The molecule has 0 bridgehead atoms. The average Bonchev–Trinajstić information content (AvgIpc) is 3.67. The molecule has 4 rings (SSSR count). The number of rotatable bonds is 15. The maximum absolute atomic E-state index is 12.7. The number of hydrogen-bond acceptors (Lipinski definition) is 9. The molecule has 12 heteroatoms. The Kier molecular flexibility index (Phi) is 8.87. The molecule has 3 unspecified atom stereocenters. The van der Waals surface area contributed by atoms with Gasteiger partial charge >= 0.3 is 0 Å². The average molecular weight is 472 g/mol. The lowest BCUT2D eigenvalue weighted by atomic mass is 10.3. The lowest BCUT2D eigenvalue weighted by molar-refractivity contribution is -0.159. The van der Waals surface area contributed by atoms with Crippen LogP contribution in [0.3, 0.4) is 0 Å². The van der Waals surface area contributed by atoms with Crippen LogP contribution in [0.5, 0.6) is 0 Å². The minimum atomic E-state index is -0.175. The molecular formula is C21H33N3O9. The van der Waals surface area contributed by atoms with E-state index in [1.165, 1.54) is 14.7 Å². The van der Waals surface area contributed by atoms with Crippen molar-refractivity contribution in [3.05, 3.63) is 0 Å². The molecule has 0 radical (unpaired) electrons. The summed E-state index contributed by atoms with van der Waals surface area (Å²) in [7, 11) is 0. The van der Waals surface area contributed by atoms with Crippen molar-refractivity contribution in [2.75, 3.05) is 79.5 Å². The zero-order chi connectivity index (χ0) is 23.0. The topological polar surface area (TPSA) is 126 Å². The van der Waals surface area contributed by atoms with Gasteiger partial charge in [0.25, 0.3) is 0 Å². The zero-order valence-electron chi connectivity index (χ0n) is 18.9. The second-order valence-corrected chi connectivity index (χ2v) is 8.57. The monoisotopic (exact) mass is 471 g/mol. The lowest BCUT2D eigenvalue weighted by Crippen LogP contribution is -2.59. The largest absolute Gasteiger partial charge is 0.378 e. The molecule has 0 aromatic heterocycles. The van der Waals surface area contributed by atoms with Crippen LogP contribution < -0.4 is 0 Å². The molecule has 3 amide bonds. The van der Waals surface area contributed by atoms with Gasteiger partial charge in [-0.2, -0.15) is 0 Å². The van der Waals surface area contributed by atoms with E-state index in [4.69, 9.17) is 28.4 Å². The van der Waals surface area contributed by atoms with E-state index in [2.05, 4.69) is 0 Å². The molecule has 0 aromatic rings. The van der Waals surface area contributed by atoms with Crippen molar-refractivity contribution in [3.8, 4) is 0 Å². The third-order valence-corrected chi connectivity index (χ3v) is 5.58. The van der Waals surface area contributed by atoms with Gasteiger partial charge in [-0.25, -0.2) is 0 Å². The van der Waals surface area contributed by atoms with Gasteiger partial charge in [0.15, 0.2) is 0 Å². The van der Waals surface area contributed by atoms with Crippen LogP contribution in [0.1, 0.15) is 19.3 Å². The molecule has 12 nitrogen and oxygen atoms in total. The molecular weight excluding hydrogens is 438 g/mol. The van der Waals surface area contributed by atoms with Crippen molar-refractivity contribution in [1.29, 1.82) is 0 Å². The molecule has 33 heavy (non-hydrogen) atoms. The summed E-state index contributed by atoms with van der Waals surface area (Å²) in [5.41, 5.74) is 0. The van der Waals surface area contributed by atoms with Crippen molar-refractivity contribution in [1.82, 2.24) is 14.7 Å². The van der Waals surface area contributed by atoms with Gasteiger partial charge in [0, 0.05) is 0 Å². The van der Waals surface area contributed by atoms with Gasteiger partial charge in [0.2, 0.25) is 17.7 Å². The van der Waals surface area contributed by atoms with Crippen LogP contribution in [0.2, 0.25) is 0 Å². The Morgan fingerprint density at radius 2 is 0.848 bits per heavy atom. The molecule has 4 aliphatic heterocycles. The number of epoxide rings is 3. The summed E-state index contributed by atoms with van der Waals surface area (Å²) in [6.07, 6.45) is 0.930. The highest BCUT2D eigenvalue weighted by atomic mass is 16.6. The SMILES string of the molecule is O=C(CCOCC1CO1)N1CN(C(=O)CCOCC2CO2)CN(C(=O)CCOCC2CO2)C1. The second kappa shape index (κ2) is 12.0. The fourth-order valence-electron chi connectivity index (χ4n) is 3.32. The van der Waals surface area contributed by atoms with E-state index in [1.54, 1.807) is 0 Å². The molecule has 0 saturated carbocycles. The van der Waals surface area contributed by atoms with Crippen LogP contribution in [-0.4, -0.2) is 130 Å². The van der Waals surface area contributed by atoms with Crippen LogP contribution in [0.25, 0.3) is 0 Å². The van der Waals surface area contributed by atoms with Gasteiger partial charge < -0.3 is 43.1 Å². The predicted molar refractivity (Wildman–Crippen MR) is 111 cm³/mol. The van der Waals surface area contributed by atoms with Crippen molar-refractivity contribution >= 4 is 17.7 Å². The Bertz CT molecular complexity index is 586. The highest BCUT2D eigenvalue weighted by Crippen LogP contribution is 2.14. The number of ether oxygens (including phenoxy) is 6. The highest BCUT2D eigenvalue weighted by Gasteiger charge is 2.32. The van der Waals surface area contributed by atoms with Crippen molar-refractivity contribution in [2.24, 2.45) is 0 Å². The van der Waals surface area contributed by atoms with Crippen LogP contribution in [0, 0.1) is 0 Å². The second-order valence-electron chi connectivity index (χ2n) is 8.57. The van der Waals surface area contributed by atoms with Crippen molar-refractivity contribution in [2.45, 2.75) is 37.6 Å². The third kappa shape index (κ3) is 8.80. The van der Waals surface area contributed by atoms with Crippen molar-refractivity contribution < 1.29 is 42.8 Å². The molecule has 186 valence electrons. The summed E-state index contributed by atoms with van der Waals surface area (Å²) >= 11 is 0. The standard InChI is InChI=1S/C21H33N3O9/c25-19(1-4-28-7-16-10-31-16)22-13-23(20(26)2-5-29-8-17-11-32-17)15-24(14-22)21(27)3-6-30-9-18-12-33-18/h16-18H,1-15H2. The first kappa shape index (κ1) is 24.3. The van der Waals surface area contributed by atoms with Crippen LogP contribution in [-0.2, 0) is 42.8 Å². The fourth-order valence-corrected chi connectivity index (χ4v) is 3.32. The lowest BCUT2D eigenvalue weighted by Gasteiger charge is -2.42. The first-order valence-electron chi connectivity index (χ1n) is 11.5. The Labute approximate surface area is 192 Å². The number of amides is 3. The first-order valence-corrected chi connectivity index (χ1v) is 11.5. The van der Waals surface area contributed by atoms with Crippen LogP contribution in [0.4, 0.5) is 0 Å². The molecule has 4 saturated heterocycles. The van der Waals surface area contributed by atoms with E-state index in [0.29, 0.717) is 39.6 Å². The van der Waals surface area contributed by atoms with E-state index >= 15 is 0 Å². The van der Waals surface area contributed by atoms with Gasteiger partial charge in [-0.15, -0.1) is 0 Å². The van der Waals surface area contributed by atoms with Gasteiger partial charge in [0.1, 0.15) is 18.3 Å². The number of hydrogen-bond donors (Lipinski definition) is 0. The molecule has 0 spiro atoms. The van der Waals surface area contributed by atoms with Gasteiger partial charge in [-0.3, -0.25) is 14.4 Å². The van der Waals surface area contributed by atoms with Crippen LogP contribution in [0.15, 0.2) is 0 Å². The molecule has 4 fully saturated rings. The van der Waals surface area contributed by atoms with E-state index in [-0.39, 0.29) is 95.1 Å². The number of nitrogens with zero attached hydrogens (tertiary/aromatic N) is 3. The highest BCUT2D eigenvalue weighted by molar-refractivity contribution is 5.82. The predicted octanol–water partition coefficient (Wildman–Crippen LogP) is -1.23. The molecule has 0 N–H and O–H groups in total.